The third kappa shape index (κ3) is 4.60. The van der Waals surface area contributed by atoms with Crippen LogP contribution in [0.15, 0.2) is 36.5 Å². The second kappa shape index (κ2) is 9.26. The number of aryl methyl sites for hydroxylation is 1. The zero-order valence-electron chi connectivity index (χ0n) is 19.2. The van der Waals surface area contributed by atoms with Gasteiger partial charge in [-0.25, -0.2) is 0 Å². The fourth-order valence-corrected chi connectivity index (χ4v) is 5.04. The monoisotopic (exact) mass is 472 g/mol. The number of likely N-dealkylation sites (tertiary alicyclic amines) is 1. The molecule has 180 valence electrons. The van der Waals surface area contributed by atoms with E-state index in [1.54, 1.807) is 30.5 Å². The molecular weight excluding hydrogens is 445 g/mol. The summed E-state index contributed by atoms with van der Waals surface area (Å²) in [6, 6.07) is 9.07. The molecule has 0 aliphatic carbocycles. The first kappa shape index (κ1) is 24.0. The number of nitriles is 1. The molecule has 2 aromatic rings. The Hall–Kier alpha value is -3.12. The van der Waals surface area contributed by atoms with Crippen molar-refractivity contribution < 1.29 is 22.7 Å². The smallest absolute Gasteiger partial charge is 0.381 e. The first-order chi connectivity index (χ1) is 16.2. The molecule has 0 bridgehead atoms. The molecular formula is C25H27F3N4O2. The summed E-state index contributed by atoms with van der Waals surface area (Å²) in [4.78, 5) is 21.0. The van der Waals surface area contributed by atoms with Crippen LogP contribution in [-0.4, -0.2) is 55.2 Å². The summed E-state index contributed by atoms with van der Waals surface area (Å²) in [5.41, 5.74) is 0.213. The van der Waals surface area contributed by atoms with Crippen LogP contribution in [0.2, 0.25) is 0 Å². The first-order valence-corrected chi connectivity index (χ1v) is 11.3. The van der Waals surface area contributed by atoms with Crippen LogP contribution in [0.3, 0.4) is 0 Å². The van der Waals surface area contributed by atoms with Crippen molar-refractivity contribution in [3.63, 3.8) is 0 Å². The number of pyridine rings is 1. The number of anilines is 1. The highest BCUT2D eigenvalue weighted by atomic mass is 19.4. The van der Waals surface area contributed by atoms with E-state index >= 15 is 0 Å². The minimum Gasteiger partial charge on any atom is -0.381 e. The Labute approximate surface area is 196 Å². The van der Waals surface area contributed by atoms with Gasteiger partial charge >= 0.3 is 6.18 Å². The van der Waals surface area contributed by atoms with Gasteiger partial charge in [0.25, 0.3) is 5.91 Å². The Bertz CT molecular complexity index is 1100. The van der Waals surface area contributed by atoms with E-state index in [4.69, 9.17) is 10.00 Å². The number of halogens is 3. The summed E-state index contributed by atoms with van der Waals surface area (Å²) >= 11 is 0. The highest BCUT2D eigenvalue weighted by Gasteiger charge is 2.50. The van der Waals surface area contributed by atoms with Crippen LogP contribution < -0.4 is 4.90 Å². The van der Waals surface area contributed by atoms with Crippen molar-refractivity contribution in [3.8, 4) is 6.07 Å². The van der Waals surface area contributed by atoms with E-state index in [1.165, 1.54) is 6.07 Å². The van der Waals surface area contributed by atoms with E-state index < -0.39 is 11.7 Å². The fourth-order valence-electron chi connectivity index (χ4n) is 5.04. The lowest BCUT2D eigenvalue weighted by atomic mass is 9.73. The molecule has 1 aromatic heterocycles. The van der Waals surface area contributed by atoms with Crippen molar-refractivity contribution in [1.29, 1.82) is 5.26 Å². The number of nitrogens with zero attached hydrogens (tertiary/aromatic N) is 4. The summed E-state index contributed by atoms with van der Waals surface area (Å²) < 4.78 is 46.4. The van der Waals surface area contributed by atoms with Gasteiger partial charge in [-0.05, 0) is 50.6 Å². The number of carbonyl (C=O) groups excluding carboxylic acids is 1. The topological polar surface area (TPSA) is 69.5 Å². The fraction of sp³-hybridized carbons (Fsp3) is 0.480. The van der Waals surface area contributed by atoms with Crippen molar-refractivity contribution in [2.45, 2.75) is 26.4 Å². The van der Waals surface area contributed by atoms with Gasteiger partial charge in [0.1, 0.15) is 0 Å². The minimum absolute atomic E-state index is 0.0418. The van der Waals surface area contributed by atoms with Gasteiger partial charge in [-0.15, -0.1) is 0 Å². The molecule has 3 heterocycles. The molecule has 2 fully saturated rings. The van der Waals surface area contributed by atoms with E-state index in [9.17, 15) is 18.0 Å². The van der Waals surface area contributed by atoms with Gasteiger partial charge in [-0.1, -0.05) is 0 Å². The SMILES string of the molecule is CCOCC12CCN(C(=O)c3ccc(C)nc3)CC1CN(c1ccc(C#N)c(C(F)(F)F)c1)C2. The predicted octanol–water partition coefficient (Wildman–Crippen LogP) is 4.29. The number of ether oxygens (including phenoxy) is 1. The maximum absolute atomic E-state index is 13.5. The predicted molar refractivity (Wildman–Crippen MR) is 120 cm³/mol. The van der Waals surface area contributed by atoms with Crippen LogP contribution in [0, 0.1) is 29.6 Å². The second-order valence-corrected chi connectivity index (χ2v) is 9.11. The normalized spacial score (nSPS) is 22.4. The molecule has 0 N–H and O–H groups in total. The van der Waals surface area contributed by atoms with E-state index in [1.807, 2.05) is 23.6 Å². The number of alkyl halides is 3. The van der Waals surface area contributed by atoms with Crippen LogP contribution >= 0.6 is 0 Å². The lowest BCUT2D eigenvalue weighted by Gasteiger charge is -2.43. The molecule has 9 heteroatoms. The zero-order chi connectivity index (χ0) is 24.5. The Kier molecular flexibility index (Phi) is 6.54. The van der Waals surface area contributed by atoms with Gasteiger partial charge in [0, 0.05) is 61.7 Å². The Morgan fingerprint density at radius 1 is 1.29 bits per heavy atom. The molecule has 34 heavy (non-hydrogen) atoms. The van der Waals surface area contributed by atoms with Crippen molar-refractivity contribution in [1.82, 2.24) is 9.88 Å². The van der Waals surface area contributed by atoms with E-state index in [-0.39, 0.29) is 22.8 Å². The van der Waals surface area contributed by atoms with Crippen LogP contribution in [-0.2, 0) is 10.9 Å². The van der Waals surface area contributed by atoms with Gasteiger partial charge in [0.2, 0.25) is 0 Å². The third-order valence-corrected chi connectivity index (χ3v) is 6.97. The van der Waals surface area contributed by atoms with E-state index in [2.05, 4.69) is 4.98 Å². The number of aromatic nitrogens is 1. The Morgan fingerprint density at radius 2 is 2.09 bits per heavy atom. The number of hydrogen-bond acceptors (Lipinski definition) is 5. The van der Waals surface area contributed by atoms with Gasteiger partial charge < -0.3 is 14.5 Å². The van der Waals surface area contributed by atoms with Crippen molar-refractivity contribution >= 4 is 11.6 Å². The minimum atomic E-state index is -4.61. The third-order valence-electron chi connectivity index (χ3n) is 6.97. The standard InChI is InChI=1S/C25H27F3N4O2/c1-3-34-16-24-8-9-31(23(33)19-5-4-17(2)30-12-19)13-20(24)14-32(15-24)21-7-6-18(11-29)22(10-21)25(26,27)28/h4-7,10,12,20H,3,8-9,13-16H2,1-2H3. The molecule has 2 unspecified atom stereocenters. The maximum atomic E-state index is 13.5. The second-order valence-electron chi connectivity index (χ2n) is 9.11. The van der Waals surface area contributed by atoms with Gasteiger partial charge in [-0.2, -0.15) is 18.4 Å². The summed E-state index contributed by atoms with van der Waals surface area (Å²) in [6.07, 6.45) is -2.33. The van der Waals surface area contributed by atoms with E-state index in [0.717, 1.165) is 11.8 Å². The van der Waals surface area contributed by atoms with E-state index in [0.29, 0.717) is 57.1 Å². The molecule has 2 aliphatic heterocycles. The largest absolute Gasteiger partial charge is 0.417 e. The molecule has 2 aliphatic rings. The average Bonchev–Trinajstić information content (AvgIpc) is 3.21. The number of hydrogen-bond donors (Lipinski definition) is 0. The molecule has 6 nitrogen and oxygen atoms in total. The summed E-state index contributed by atoms with van der Waals surface area (Å²) in [7, 11) is 0. The molecule has 2 saturated heterocycles. The number of amides is 1. The van der Waals surface area contributed by atoms with Crippen LogP contribution in [0.25, 0.3) is 0 Å². The van der Waals surface area contributed by atoms with Crippen LogP contribution in [0.1, 0.15) is 40.5 Å². The molecule has 0 saturated carbocycles. The van der Waals surface area contributed by atoms with Gasteiger partial charge in [0.05, 0.1) is 29.4 Å². The quantitative estimate of drug-likeness (QED) is 0.650. The number of benzene rings is 1. The molecule has 1 aromatic carbocycles. The number of carbonyl (C=O) groups is 1. The molecule has 4 rings (SSSR count). The lowest BCUT2D eigenvalue weighted by molar-refractivity contribution is -0.137. The highest BCUT2D eigenvalue weighted by Crippen LogP contribution is 2.45. The van der Waals surface area contributed by atoms with Crippen molar-refractivity contribution in [2.75, 3.05) is 44.3 Å². The summed E-state index contributed by atoms with van der Waals surface area (Å²) in [5.74, 6) is -0.0474. The molecule has 0 radical (unpaired) electrons. The Morgan fingerprint density at radius 3 is 2.74 bits per heavy atom. The van der Waals surface area contributed by atoms with Crippen LogP contribution in [0.4, 0.5) is 18.9 Å². The van der Waals surface area contributed by atoms with Crippen molar-refractivity contribution in [2.24, 2.45) is 11.3 Å². The molecule has 2 atom stereocenters. The molecule has 0 spiro atoms. The number of piperidine rings is 1. The molecule has 1 amide bonds. The first-order valence-electron chi connectivity index (χ1n) is 11.3. The number of fused-ring (bicyclic) bond motifs is 1. The average molecular weight is 473 g/mol. The lowest BCUT2D eigenvalue weighted by Crippen LogP contribution is -2.51. The van der Waals surface area contributed by atoms with Gasteiger partial charge in [-0.3, -0.25) is 9.78 Å². The van der Waals surface area contributed by atoms with Gasteiger partial charge in [0.15, 0.2) is 0 Å². The zero-order valence-corrected chi connectivity index (χ0v) is 19.2. The number of rotatable bonds is 5. The van der Waals surface area contributed by atoms with Crippen molar-refractivity contribution in [3.05, 3.63) is 58.9 Å². The maximum Gasteiger partial charge on any atom is 0.417 e. The summed E-state index contributed by atoms with van der Waals surface area (Å²) in [6.45, 7) is 6.89. The van der Waals surface area contributed by atoms with Crippen LogP contribution in [0.5, 0.6) is 0 Å². The Balaban J connectivity index is 1.59. The summed E-state index contributed by atoms with van der Waals surface area (Å²) in [5, 5.41) is 9.11. The highest BCUT2D eigenvalue weighted by molar-refractivity contribution is 5.94.